The number of aromatic nitrogens is 1. The summed E-state index contributed by atoms with van der Waals surface area (Å²) in [6.07, 6.45) is 1.18. The number of amides is 2. The number of benzene rings is 3. The number of hydrogen-bond donors (Lipinski definition) is 3. The van der Waals surface area contributed by atoms with Crippen molar-refractivity contribution in [1.82, 2.24) is 15.6 Å². The molecule has 0 saturated carbocycles. The Bertz CT molecular complexity index is 1260. The SMILES string of the molecule is CC(NC(=O)C(Cc1c[nH]c2ccc(F)cc12)NC(=O)OCc1ccccc1)c1ccccc1. The molecule has 2 amide bonds. The summed E-state index contributed by atoms with van der Waals surface area (Å²) in [5.74, 6) is -0.735. The van der Waals surface area contributed by atoms with E-state index in [2.05, 4.69) is 15.6 Å². The average molecular weight is 460 g/mol. The van der Waals surface area contributed by atoms with Crippen molar-refractivity contribution in [2.75, 3.05) is 0 Å². The van der Waals surface area contributed by atoms with Gasteiger partial charge in [0.25, 0.3) is 0 Å². The predicted octanol–water partition coefficient (Wildman–Crippen LogP) is 5.02. The number of carbonyl (C=O) groups is 2. The van der Waals surface area contributed by atoms with E-state index in [1.54, 1.807) is 12.3 Å². The smallest absolute Gasteiger partial charge is 0.408 e. The number of alkyl carbamates (subject to hydrolysis) is 1. The Labute approximate surface area is 197 Å². The highest BCUT2D eigenvalue weighted by Crippen LogP contribution is 2.21. The third-order valence-electron chi connectivity index (χ3n) is 5.63. The summed E-state index contributed by atoms with van der Waals surface area (Å²) in [5.41, 5.74) is 3.24. The van der Waals surface area contributed by atoms with Gasteiger partial charge in [-0.25, -0.2) is 9.18 Å². The molecule has 1 aromatic heterocycles. The van der Waals surface area contributed by atoms with E-state index in [-0.39, 0.29) is 30.8 Å². The summed E-state index contributed by atoms with van der Waals surface area (Å²) in [6.45, 7) is 1.96. The molecule has 6 nitrogen and oxygen atoms in total. The number of hydrogen-bond acceptors (Lipinski definition) is 3. The van der Waals surface area contributed by atoms with Crippen LogP contribution in [0, 0.1) is 5.82 Å². The molecule has 4 aromatic rings. The van der Waals surface area contributed by atoms with E-state index in [0.29, 0.717) is 10.9 Å². The highest BCUT2D eigenvalue weighted by molar-refractivity contribution is 5.88. The summed E-state index contributed by atoms with van der Waals surface area (Å²) in [7, 11) is 0. The Morgan fingerprint density at radius 1 is 0.971 bits per heavy atom. The molecule has 2 unspecified atom stereocenters. The maximum atomic E-state index is 13.8. The van der Waals surface area contributed by atoms with Crippen LogP contribution in [0.5, 0.6) is 0 Å². The van der Waals surface area contributed by atoms with Crippen molar-refractivity contribution in [2.45, 2.75) is 32.0 Å². The van der Waals surface area contributed by atoms with Crippen molar-refractivity contribution < 1.29 is 18.7 Å². The molecule has 0 radical (unpaired) electrons. The first-order valence-electron chi connectivity index (χ1n) is 11.1. The van der Waals surface area contributed by atoms with E-state index in [4.69, 9.17) is 4.74 Å². The molecule has 3 N–H and O–H groups in total. The van der Waals surface area contributed by atoms with E-state index in [1.807, 2.05) is 67.6 Å². The van der Waals surface area contributed by atoms with Gasteiger partial charge in [0.1, 0.15) is 18.5 Å². The van der Waals surface area contributed by atoms with E-state index in [0.717, 1.165) is 16.6 Å². The van der Waals surface area contributed by atoms with E-state index in [1.165, 1.54) is 12.1 Å². The summed E-state index contributed by atoms with van der Waals surface area (Å²) in [4.78, 5) is 28.8. The molecular formula is C27H26FN3O3. The number of nitrogens with one attached hydrogen (secondary N) is 3. The van der Waals surface area contributed by atoms with E-state index >= 15 is 0 Å². The topological polar surface area (TPSA) is 83.2 Å². The van der Waals surface area contributed by atoms with Crippen LogP contribution < -0.4 is 10.6 Å². The van der Waals surface area contributed by atoms with Crippen LogP contribution >= 0.6 is 0 Å². The lowest BCUT2D eigenvalue weighted by Crippen LogP contribution is -2.48. The van der Waals surface area contributed by atoms with Crippen LogP contribution in [0.4, 0.5) is 9.18 Å². The molecule has 0 aliphatic carbocycles. The molecule has 0 fully saturated rings. The summed E-state index contributed by atoms with van der Waals surface area (Å²) < 4.78 is 19.2. The third-order valence-corrected chi connectivity index (χ3v) is 5.63. The maximum absolute atomic E-state index is 13.8. The molecular weight excluding hydrogens is 433 g/mol. The van der Waals surface area contributed by atoms with Gasteiger partial charge in [0, 0.05) is 23.5 Å². The van der Waals surface area contributed by atoms with Crippen LogP contribution in [0.25, 0.3) is 10.9 Å². The zero-order valence-corrected chi connectivity index (χ0v) is 18.8. The number of ether oxygens (including phenoxy) is 1. The zero-order chi connectivity index (χ0) is 23.9. The van der Waals surface area contributed by atoms with E-state index in [9.17, 15) is 14.0 Å². The van der Waals surface area contributed by atoms with Crippen LogP contribution in [0.2, 0.25) is 0 Å². The predicted molar refractivity (Wildman–Crippen MR) is 129 cm³/mol. The maximum Gasteiger partial charge on any atom is 0.408 e. The molecule has 34 heavy (non-hydrogen) atoms. The minimum atomic E-state index is -0.920. The van der Waals surface area contributed by atoms with Gasteiger partial charge in [0.2, 0.25) is 5.91 Å². The van der Waals surface area contributed by atoms with Gasteiger partial charge >= 0.3 is 6.09 Å². The molecule has 2 atom stereocenters. The van der Waals surface area contributed by atoms with Crippen LogP contribution in [-0.2, 0) is 22.6 Å². The van der Waals surface area contributed by atoms with Gasteiger partial charge in [0.15, 0.2) is 0 Å². The molecule has 0 spiro atoms. The second kappa shape index (κ2) is 10.7. The van der Waals surface area contributed by atoms with Crippen molar-refractivity contribution >= 4 is 22.9 Å². The first-order chi connectivity index (χ1) is 16.5. The standard InChI is InChI=1S/C27H26FN3O3/c1-18(20-10-6-3-7-11-20)30-26(32)25(31-27(33)34-17-19-8-4-2-5-9-19)14-21-16-29-24-13-12-22(28)15-23(21)24/h2-13,15-16,18,25,29H,14,17H2,1H3,(H,30,32)(H,31,33). The number of carbonyl (C=O) groups excluding carboxylic acids is 2. The number of rotatable bonds is 8. The number of aromatic amines is 1. The summed E-state index contributed by atoms with van der Waals surface area (Å²) in [5, 5.41) is 6.29. The lowest BCUT2D eigenvalue weighted by atomic mass is 10.0. The van der Waals surface area contributed by atoms with E-state index < -0.39 is 12.1 Å². The van der Waals surface area contributed by atoms with Crippen LogP contribution in [0.3, 0.4) is 0 Å². The van der Waals surface area contributed by atoms with Gasteiger partial charge in [-0.2, -0.15) is 0 Å². The Morgan fingerprint density at radius 2 is 1.68 bits per heavy atom. The van der Waals surface area contributed by atoms with Gasteiger partial charge in [-0.15, -0.1) is 0 Å². The first kappa shape index (κ1) is 23.0. The monoisotopic (exact) mass is 459 g/mol. The fourth-order valence-corrected chi connectivity index (χ4v) is 3.79. The normalized spacial score (nSPS) is 12.6. The average Bonchev–Trinajstić information content (AvgIpc) is 3.25. The van der Waals surface area contributed by atoms with Gasteiger partial charge in [0.05, 0.1) is 6.04 Å². The fourth-order valence-electron chi connectivity index (χ4n) is 3.79. The lowest BCUT2D eigenvalue weighted by molar-refractivity contribution is -0.123. The zero-order valence-electron chi connectivity index (χ0n) is 18.8. The largest absolute Gasteiger partial charge is 0.445 e. The van der Waals surface area contributed by atoms with Crippen molar-refractivity contribution in [1.29, 1.82) is 0 Å². The second-order valence-corrected chi connectivity index (χ2v) is 8.11. The van der Waals surface area contributed by atoms with Crippen LogP contribution in [0.15, 0.2) is 85.1 Å². The molecule has 0 aliphatic rings. The van der Waals surface area contributed by atoms with Crippen LogP contribution in [-0.4, -0.2) is 23.0 Å². The number of H-pyrrole nitrogens is 1. The molecule has 0 bridgehead atoms. The van der Waals surface area contributed by atoms with Crippen molar-refractivity contribution in [3.63, 3.8) is 0 Å². The molecule has 3 aromatic carbocycles. The fraction of sp³-hybridized carbons (Fsp3) is 0.185. The van der Waals surface area contributed by atoms with Gasteiger partial charge in [-0.1, -0.05) is 60.7 Å². The van der Waals surface area contributed by atoms with Gasteiger partial charge in [-0.3, -0.25) is 4.79 Å². The van der Waals surface area contributed by atoms with Gasteiger partial charge in [-0.05, 0) is 41.8 Å². The van der Waals surface area contributed by atoms with Crippen molar-refractivity contribution in [3.05, 3.63) is 108 Å². The Morgan fingerprint density at radius 3 is 2.41 bits per heavy atom. The minimum absolute atomic E-state index is 0.0831. The Kier molecular flexibility index (Phi) is 7.22. The number of halogens is 1. The molecule has 1 heterocycles. The Hall–Kier alpha value is -4.13. The van der Waals surface area contributed by atoms with Crippen molar-refractivity contribution in [3.8, 4) is 0 Å². The second-order valence-electron chi connectivity index (χ2n) is 8.11. The first-order valence-corrected chi connectivity index (χ1v) is 11.1. The molecule has 174 valence electrons. The lowest BCUT2D eigenvalue weighted by Gasteiger charge is -2.21. The minimum Gasteiger partial charge on any atom is -0.445 e. The quantitative estimate of drug-likeness (QED) is 0.346. The molecule has 4 rings (SSSR count). The van der Waals surface area contributed by atoms with Crippen molar-refractivity contribution in [2.24, 2.45) is 0 Å². The highest BCUT2D eigenvalue weighted by atomic mass is 19.1. The highest BCUT2D eigenvalue weighted by Gasteiger charge is 2.25. The Balaban J connectivity index is 1.50. The third kappa shape index (κ3) is 5.81. The number of fused-ring (bicyclic) bond motifs is 1. The van der Waals surface area contributed by atoms with Crippen LogP contribution in [0.1, 0.15) is 29.7 Å². The molecule has 7 heteroatoms. The molecule has 0 aliphatic heterocycles. The summed E-state index contributed by atoms with van der Waals surface area (Å²) >= 11 is 0. The summed E-state index contributed by atoms with van der Waals surface area (Å²) in [6, 6.07) is 22.1. The molecule has 0 saturated heterocycles. The van der Waals surface area contributed by atoms with Gasteiger partial charge < -0.3 is 20.4 Å².